The number of rotatable bonds is 3. The third kappa shape index (κ3) is 3.32. The summed E-state index contributed by atoms with van der Waals surface area (Å²) in [6.45, 7) is 1.89. The molecule has 2 saturated heterocycles. The molecule has 5 rings (SSSR count). The summed E-state index contributed by atoms with van der Waals surface area (Å²) >= 11 is 0. The van der Waals surface area contributed by atoms with Gasteiger partial charge < -0.3 is 19.1 Å². The number of pyridine rings is 1. The summed E-state index contributed by atoms with van der Waals surface area (Å²) in [6, 6.07) is 12.7. The van der Waals surface area contributed by atoms with E-state index < -0.39 is 5.92 Å². The molecule has 2 amide bonds. The van der Waals surface area contributed by atoms with Crippen LogP contribution < -0.4 is 10.3 Å². The molecule has 2 aromatic rings. The van der Waals surface area contributed by atoms with Gasteiger partial charge >= 0.3 is 0 Å². The molecule has 7 heteroatoms. The molecule has 7 nitrogen and oxygen atoms in total. The largest absolute Gasteiger partial charge is 0.497 e. The van der Waals surface area contributed by atoms with Gasteiger partial charge in [-0.25, -0.2) is 0 Å². The second kappa shape index (κ2) is 7.55. The number of hydrogen-bond donors (Lipinski definition) is 0. The second-order valence-electron chi connectivity index (χ2n) is 8.97. The number of nitrogens with zero attached hydrogens (tertiary/aromatic N) is 3. The fourth-order valence-corrected chi connectivity index (χ4v) is 5.66. The molecule has 3 aliphatic rings. The van der Waals surface area contributed by atoms with Gasteiger partial charge in [-0.2, -0.15) is 0 Å². The quantitative estimate of drug-likeness (QED) is 0.760. The zero-order valence-electron chi connectivity index (χ0n) is 17.9. The topological polar surface area (TPSA) is 71.8 Å². The van der Waals surface area contributed by atoms with Crippen molar-refractivity contribution in [3.05, 3.63) is 64.1 Å². The molecule has 162 valence electrons. The van der Waals surface area contributed by atoms with Gasteiger partial charge in [-0.3, -0.25) is 14.4 Å². The van der Waals surface area contributed by atoms with Crippen LogP contribution in [-0.4, -0.2) is 53.4 Å². The predicted octanol–water partition coefficient (Wildman–Crippen LogP) is 2.02. The normalized spacial score (nSPS) is 27.2. The van der Waals surface area contributed by atoms with Crippen molar-refractivity contribution >= 4 is 11.8 Å². The van der Waals surface area contributed by atoms with Crippen molar-refractivity contribution in [2.75, 3.05) is 27.2 Å². The number of amides is 2. The Balaban J connectivity index is 1.41. The summed E-state index contributed by atoms with van der Waals surface area (Å²) in [5.74, 6) is 0.816. The van der Waals surface area contributed by atoms with Crippen LogP contribution in [0.3, 0.4) is 0 Å². The molecule has 0 saturated carbocycles. The van der Waals surface area contributed by atoms with E-state index in [0.29, 0.717) is 19.6 Å². The molecule has 0 N–H and O–H groups in total. The minimum absolute atomic E-state index is 0.00623. The molecule has 1 aromatic carbocycles. The van der Waals surface area contributed by atoms with Gasteiger partial charge in [-0.05, 0) is 36.1 Å². The highest BCUT2D eigenvalue weighted by molar-refractivity contribution is 5.90. The molecular formula is C24H27N3O4. The first-order chi connectivity index (χ1) is 15.0. The highest BCUT2D eigenvalue weighted by Crippen LogP contribution is 2.41. The molecule has 4 heterocycles. The van der Waals surface area contributed by atoms with Crippen LogP contribution in [0, 0.1) is 11.8 Å². The molecule has 0 unspecified atom stereocenters. The van der Waals surface area contributed by atoms with Gasteiger partial charge in [-0.1, -0.05) is 18.2 Å². The van der Waals surface area contributed by atoms with Crippen molar-refractivity contribution in [1.29, 1.82) is 0 Å². The van der Waals surface area contributed by atoms with Crippen LogP contribution in [0.2, 0.25) is 0 Å². The molecule has 3 aliphatic heterocycles. The second-order valence-corrected chi connectivity index (χ2v) is 8.97. The third-order valence-corrected chi connectivity index (χ3v) is 7.15. The molecule has 1 aromatic heterocycles. The average molecular weight is 421 g/mol. The number of ether oxygens (including phenoxy) is 1. The van der Waals surface area contributed by atoms with Crippen molar-refractivity contribution in [2.24, 2.45) is 11.8 Å². The van der Waals surface area contributed by atoms with Crippen LogP contribution in [0.5, 0.6) is 5.75 Å². The minimum atomic E-state index is -0.400. The van der Waals surface area contributed by atoms with Gasteiger partial charge in [0.05, 0.1) is 19.1 Å². The molecule has 0 radical (unpaired) electrons. The summed E-state index contributed by atoms with van der Waals surface area (Å²) < 4.78 is 7.12. The molecule has 4 atom stereocenters. The molecule has 2 fully saturated rings. The van der Waals surface area contributed by atoms with Crippen molar-refractivity contribution in [2.45, 2.75) is 31.3 Å². The summed E-state index contributed by atoms with van der Waals surface area (Å²) in [7, 11) is 3.39. The van der Waals surface area contributed by atoms with Crippen LogP contribution in [0.4, 0.5) is 0 Å². The maximum atomic E-state index is 13.7. The van der Waals surface area contributed by atoms with Crippen LogP contribution in [0.25, 0.3) is 0 Å². The lowest BCUT2D eigenvalue weighted by Crippen LogP contribution is -2.51. The molecule has 0 aliphatic carbocycles. The Bertz CT molecular complexity index is 1080. The van der Waals surface area contributed by atoms with E-state index in [-0.39, 0.29) is 41.7 Å². The van der Waals surface area contributed by atoms with Crippen LogP contribution in [0.15, 0.2) is 47.3 Å². The summed E-state index contributed by atoms with van der Waals surface area (Å²) in [5.41, 5.74) is 2.00. The molecular weight excluding hydrogens is 394 g/mol. The summed E-state index contributed by atoms with van der Waals surface area (Å²) in [5, 5.41) is 0. The standard InChI is InChI=1S/C24H27N3O4/c1-25-22(29)11-19(23(25)16-6-8-18(31-2)9-7-16)24(30)26-12-15-10-17(14-26)20-4-3-5-21(28)27(20)13-15/h3-9,15,17,19,23H,10-14H2,1-2H3/t15-,17+,19+,23-/m1/s1. The van der Waals surface area contributed by atoms with Gasteiger partial charge in [0.1, 0.15) is 5.75 Å². The lowest BCUT2D eigenvalue weighted by atomic mass is 9.82. The number of piperidine rings is 1. The Morgan fingerprint density at radius 1 is 1.03 bits per heavy atom. The number of benzene rings is 1. The first-order valence-electron chi connectivity index (χ1n) is 10.8. The Kier molecular flexibility index (Phi) is 4.84. The average Bonchev–Trinajstić information content (AvgIpc) is 3.08. The first-order valence-corrected chi connectivity index (χ1v) is 10.8. The summed E-state index contributed by atoms with van der Waals surface area (Å²) in [6.07, 6.45) is 1.23. The SMILES string of the molecule is COc1ccc([C@@H]2[C@@H](C(=O)N3C[C@H]4C[C@@H](C3)c3cccc(=O)n3C4)CC(=O)N2C)cc1. The van der Waals surface area contributed by atoms with E-state index in [1.54, 1.807) is 31.2 Å². The molecule has 0 spiro atoms. The van der Waals surface area contributed by atoms with E-state index >= 15 is 0 Å². The number of methoxy groups -OCH3 is 1. The zero-order valence-corrected chi connectivity index (χ0v) is 17.9. The lowest BCUT2D eigenvalue weighted by Gasteiger charge is -2.43. The maximum Gasteiger partial charge on any atom is 0.250 e. The fourth-order valence-electron chi connectivity index (χ4n) is 5.66. The van der Waals surface area contributed by atoms with Gasteiger partial charge in [-0.15, -0.1) is 0 Å². The zero-order chi connectivity index (χ0) is 21.7. The Hall–Kier alpha value is -3.09. The van der Waals surface area contributed by atoms with Crippen molar-refractivity contribution < 1.29 is 14.3 Å². The lowest BCUT2D eigenvalue weighted by molar-refractivity contribution is -0.139. The predicted molar refractivity (Wildman–Crippen MR) is 115 cm³/mol. The first kappa shape index (κ1) is 19.8. The van der Waals surface area contributed by atoms with Crippen LogP contribution >= 0.6 is 0 Å². The Morgan fingerprint density at radius 2 is 1.81 bits per heavy atom. The number of fused-ring (bicyclic) bond motifs is 4. The summed E-state index contributed by atoms with van der Waals surface area (Å²) in [4.78, 5) is 42.1. The van der Waals surface area contributed by atoms with Crippen LogP contribution in [-0.2, 0) is 16.1 Å². The van der Waals surface area contributed by atoms with E-state index in [2.05, 4.69) is 0 Å². The van der Waals surface area contributed by atoms with Gasteiger partial charge in [0.25, 0.3) is 5.56 Å². The highest BCUT2D eigenvalue weighted by Gasteiger charge is 2.46. The fraction of sp³-hybridized carbons (Fsp3) is 0.458. The van der Waals surface area contributed by atoms with E-state index in [9.17, 15) is 14.4 Å². The number of likely N-dealkylation sites (tertiary alicyclic amines) is 2. The van der Waals surface area contributed by atoms with Gasteiger partial charge in [0.2, 0.25) is 11.8 Å². The maximum absolute atomic E-state index is 13.7. The minimum Gasteiger partial charge on any atom is -0.497 e. The third-order valence-electron chi connectivity index (χ3n) is 7.15. The number of hydrogen-bond acceptors (Lipinski definition) is 4. The van der Waals surface area contributed by atoms with E-state index in [1.807, 2.05) is 39.8 Å². The monoisotopic (exact) mass is 421 g/mol. The van der Waals surface area contributed by atoms with Crippen molar-refractivity contribution in [3.8, 4) is 5.75 Å². The molecule has 2 bridgehead atoms. The van der Waals surface area contributed by atoms with Crippen molar-refractivity contribution in [3.63, 3.8) is 0 Å². The number of aromatic nitrogens is 1. The smallest absolute Gasteiger partial charge is 0.250 e. The molecule has 31 heavy (non-hydrogen) atoms. The Labute approximate surface area is 181 Å². The van der Waals surface area contributed by atoms with Gasteiger partial charge in [0.15, 0.2) is 0 Å². The Morgan fingerprint density at radius 3 is 2.55 bits per heavy atom. The van der Waals surface area contributed by atoms with Gasteiger partial charge in [0, 0.05) is 50.8 Å². The number of carbonyl (C=O) groups excluding carboxylic acids is 2. The van der Waals surface area contributed by atoms with Crippen LogP contribution in [0.1, 0.15) is 36.1 Å². The van der Waals surface area contributed by atoms with Crippen molar-refractivity contribution in [1.82, 2.24) is 14.4 Å². The van der Waals surface area contributed by atoms with E-state index in [1.165, 1.54) is 0 Å². The van der Waals surface area contributed by atoms with E-state index in [0.717, 1.165) is 23.4 Å². The van der Waals surface area contributed by atoms with E-state index in [4.69, 9.17) is 4.74 Å². The highest BCUT2D eigenvalue weighted by atomic mass is 16.5. The number of carbonyl (C=O) groups is 2.